The Morgan fingerprint density at radius 1 is 1.14 bits per heavy atom. The number of likely N-dealkylation sites (tertiary alicyclic amines) is 1. The molecule has 2 aromatic carbocycles. The Kier molecular flexibility index (Phi) is 7.10. The van der Waals surface area contributed by atoms with Gasteiger partial charge in [0.1, 0.15) is 5.75 Å². The van der Waals surface area contributed by atoms with Crippen LogP contribution in [-0.2, 0) is 4.79 Å². The molecule has 2 aromatic rings. The molecule has 1 unspecified atom stereocenters. The third-order valence-corrected chi connectivity index (χ3v) is 6.04. The van der Waals surface area contributed by atoms with Crippen molar-refractivity contribution >= 4 is 40.8 Å². The highest BCUT2D eigenvalue weighted by Crippen LogP contribution is 2.40. The Labute approximate surface area is 180 Å². The molecule has 150 valence electrons. The molecular weight excluding hydrogens is 421 g/mol. The van der Waals surface area contributed by atoms with Gasteiger partial charge in [0.2, 0.25) is 0 Å². The fourth-order valence-electron chi connectivity index (χ4n) is 3.69. The first-order chi connectivity index (χ1) is 13.4. The number of nitrogens with zero attached hydrogens (tertiary/aromatic N) is 1. The lowest BCUT2D eigenvalue weighted by Crippen LogP contribution is -2.39. The zero-order chi connectivity index (χ0) is 20.3. The number of ether oxygens (including phenoxy) is 1. The molecule has 0 amide bonds. The molecule has 3 rings (SSSR count). The van der Waals surface area contributed by atoms with Crippen molar-refractivity contribution in [3.05, 3.63) is 62.6 Å². The van der Waals surface area contributed by atoms with Crippen LogP contribution in [0, 0.1) is 5.92 Å². The van der Waals surface area contributed by atoms with Gasteiger partial charge in [0, 0.05) is 10.6 Å². The molecule has 0 aromatic heterocycles. The summed E-state index contributed by atoms with van der Waals surface area (Å²) in [5.74, 6) is -0.289. The Hall–Kier alpha value is -1.46. The molecule has 1 fully saturated rings. The van der Waals surface area contributed by atoms with Crippen LogP contribution in [0.5, 0.6) is 5.75 Å². The van der Waals surface area contributed by atoms with Crippen LogP contribution in [0.3, 0.4) is 0 Å². The van der Waals surface area contributed by atoms with E-state index in [4.69, 9.17) is 39.5 Å². The van der Waals surface area contributed by atoms with E-state index in [-0.39, 0.29) is 12.0 Å². The van der Waals surface area contributed by atoms with E-state index in [1.165, 1.54) is 0 Å². The zero-order valence-corrected chi connectivity index (χ0v) is 17.8. The van der Waals surface area contributed by atoms with Crippen LogP contribution in [0.1, 0.15) is 36.9 Å². The van der Waals surface area contributed by atoms with Crippen molar-refractivity contribution in [1.82, 2.24) is 4.90 Å². The summed E-state index contributed by atoms with van der Waals surface area (Å²) in [5, 5.41) is 10.9. The molecule has 1 aliphatic rings. The highest BCUT2D eigenvalue weighted by molar-refractivity contribution is 6.42. The van der Waals surface area contributed by atoms with Gasteiger partial charge in [0.05, 0.1) is 28.6 Å². The van der Waals surface area contributed by atoms with E-state index in [2.05, 4.69) is 4.90 Å². The van der Waals surface area contributed by atoms with E-state index in [1.54, 1.807) is 12.1 Å². The van der Waals surface area contributed by atoms with Crippen LogP contribution < -0.4 is 4.74 Å². The monoisotopic (exact) mass is 441 g/mol. The quantitative estimate of drug-likeness (QED) is 0.602. The highest BCUT2D eigenvalue weighted by atomic mass is 35.5. The topological polar surface area (TPSA) is 49.8 Å². The van der Waals surface area contributed by atoms with Crippen molar-refractivity contribution in [2.45, 2.75) is 25.8 Å². The molecule has 0 aliphatic carbocycles. The van der Waals surface area contributed by atoms with Crippen molar-refractivity contribution in [3.8, 4) is 5.75 Å². The van der Waals surface area contributed by atoms with Crippen LogP contribution in [0.25, 0.3) is 0 Å². The Balaban J connectivity index is 2.04. The maximum atomic E-state index is 11.3. The normalized spacial score (nSPS) is 16.7. The molecule has 0 radical (unpaired) electrons. The maximum Gasteiger partial charge on any atom is 0.306 e. The lowest BCUT2D eigenvalue weighted by Gasteiger charge is -2.37. The minimum absolute atomic E-state index is 0.162. The summed E-state index contributed by atoms with van der Waals surface area (Å²) >= 11 is 18.7. The first kappa shape index (κ1) is 21.3. The first-order valence-corrected chi connectivity index (χ1v) is 10.4. The van der Waals surface area contributed by atoms with Crippen LogP contribution >= 0.6 is 34.8 Å². The van der Waals surface area contributed by atoms with Gasteiger partial charge in [-0.25, -0.2) is 0 Å². The van der Waals surface area contributed by atoms with Crippen LogP contribution in [-0.4, -0.2) is 35.7 Å². The maximum absolute atomic E-state index is 11.3. The van der Waals surface area contributed by atoms with E-state index >= 15 is 0 Å². The number of hydrogen-bond acceptors (Lipinski definition) is 3. The highest BCUT2D eigenvalue weighted by Gasteiger charge is 2.32. The lowest BCUT2D eigenvalue weighted by molar-refractivity contribution is -0.143. The summed E-state index contributed by atoms with van der Waals surface area (Å²) in [5.41, 5.74) is 1.90. The summed E-state index contributed by atoms with van der Waals surface area (Å²) in [6.45, 7) is 3.77. The number of piperidine rings is 1. The number of carboxylic acids is 1. The average Bonchev–Trinajstić information content (AvgIpc) is 2.67. The number of aliphatic carboxylic acids is 1. The van der Waals surface area contributed by atoms with Crippen LogP contribution in [0.4, 0.5) is 0 Å². The van der Waals surface area contributed by atoms with Gasteiger partial charge in [-0.05, 0) is 68.8 Å². The van der Waals surface area contributed by atoms with Crippen molar-refractivity contribution in [2.24, 2.45) is 5.92 Å². The minimum atomic E-state index is -0.733. The summed E-state index contributed by atoms with van der Waals surface area (Å²) in [7, 11) is 0. The number of hydrogen-bond donors (Lipinski definition) is 1. The smallest absolute Gasteiger partial charge is 0.306 e. The summed E-state index contributed by atoms with van der Waals surface area (Å²) in [6, 6.07) is 11.0. The molecule has 1 heterocycles. The minimum Gasteiger partial charge on any atom is -0.494 e. The molecule has 0 bridgehead atoms. The molecule has 1 N–H and O–H groups in total. The number of rotatable bonds is 6. The van der Waals surface area contributed by atoms with E-state index in [1.807, 2.05) is 31.2 Å². The van der Waals surface area contributed by atoms with E-state index in [0.717, 1.165) is 16.9 Å². The largest absolute Gasteiger partial charge is 0.494 e. The van der Waals surface area contributed by atoms with Crippen molar-refractivity contribution < 1.29 is 14.6 Å². The number of benzene rings is 2. The summed E-state index contributed by atoms with van der Waals surface area (Å²) < 4.78 is 5.86. The SMILES string of the molecule is CCOc1ccc(Cl)cc1C(c1ccc(Cl)c(Cl)c1)N1CCC(C(=O)O)CC1. The standard InChI is InChI=1S/C21H22Cl3NO3/c1-2-28-19-6-4-15(22)12-16(19)20(14-3-5-17(23)18(24)11-14)25-9-7-13(8-10-25)21(26)27/h3-6,11-13,20H,2,7-10H2,1H3,(H,26,27). The lowest BCUT2D eigenvalue weighted by atomic mass is 9.91. The molecule has 0 spiro atoms. The van der Waals surface area contributed by atoms with E-state index in [9.17, 15) is 9.90 Å². The Morgan fingerprint density at radius 3 is 2.46 bits per heavy atom. The molecular formula is C21H22Cl3NO3. The number of carboxylic acid groups (broad SMARTS) is 1. The molecule has 1 saturated heterocycles. The molecule has 1 atom stereocenters. The van der Waals surface area contributed by atoms with Crippen molar-refractivity contribution in [1.29, 1.82) is 0 Å². The van der Waals surface area contributed by atoms with Gasteiger partial charge in [0.15, 0.2) is 0 Å². The van der Waals surface area contributed by atoms with Crippen LogP contribution in [0.15, 0.2) is 36.4 Å². The second kappa shape index (κ2) is 9.36. The molecule has 28 heavy (non-hydrogen) atoms. The predicted octanol–water partition coefficient (Wildman–Crippen LogP) is 5.93. The van der Waals surface area contributed by atoms with Crippen molar-refractivity contribution in [3.63, 3.8) is 0 Å². The van der Waals surface area contributed by atoms with Gasteiger partial charge in [0.25, 0.3) is 0 Å². The summed E-state index contributed by atoms with van der Waals surface area (Å²) in [6.07, 6.45) is 1.19. The van der Waals surface area contributed by atoms with E-state index < -0.39 is 5.97 Å². The van der Waals surface area contributed by atoms with Gasteiger partial charge in [-0.1, -0.05) is 40.9 Å². The third kappa shape index (κ3) is 4.74. The third-order valence-electron chi connectivity index (χ3n) is 5.07. The van der Waals surface area contributed by atoms with Gasteiger partial charge in [-0.2, -0.15) is 0 Å². The summed E-state index contributed by atoms with van der Waals surface area (Å²) in [4.78, 5) is 13.6. The number of halogens is 3. The Morgan fingerprint density at radius 2 is 1.86 bits per heavy atom. The van der Waals surface area contributed by atoms with Gasteiger partial charge in [-0.3, -0.25) is 9.69 Å². The zero-order valence-electron chi connectivity index (χ0n) is 15.5. The molecule has 0 saturated carbocycles. The molecule has 1 aliphatic heterocycles. The first-order valence-electron chi connectivity index (χ1n) is 9.24. The van der Waals surface area contributed by atoms with E-state index in [0.29, 0.717) is 47.6 Å². The fraction of sp³-hybridized carbons (Fsp3) is 0.381. The predicted molar refractivity (Wildman–Crippen MR) is 113 cm³/mol. The molecule has 4 nitrogen and oxygen atoms in total. The van der Waals surface area contributed by atoms with Crippen molar-refractivity contribution in [2.75, 3.05) is 19.7 Å². The number of carbonyl (C=O) groups is 1. The molecule has 7 heteroatoms. The fourth-order valence-corrected chi connectivity index (χ4v) is 4.18. The van der Waals surface area contributed by atoms with Gasteiger partial charge in [-0.15, -0.1) is 0 Å². The van der Waals surface area contributed by atoms with Crippen LogP contribution in [0.2, 0.25) is 15.1 Å². The Bertz CT molecular complexity index is 851. The second-order valence-corrected chi connectivity index (χ2v) is 8.09. The van der Waals surface area contributed by atoms with Gasteiger partial charge < -0.3 is 9.84 Å². The second-order valence-electron chi connectivity index (χ2n) is 6.84. The average molecular weight is 443 g/mol. The van der Waals surface area contributed by atoms with Gasteiger partial charge >= 0.3 is 5.97 Å².